The van der Waals surface area contributed by atoms with Gasteiger partial charge in [0.15, 0.2) is 0 Å². The van der Waals surface area contributed by atoms with Gasteiger partial charge in [0.05, 0.1) is 18.4 Å². The number of amides is 3. The highest BCUT2D eigenvalue weighted by Crippen LogP contribution is 2.34. The van der Waals surface area contributed by atoms with Crippen molar-refractivity contribution in [1.82, 2.24) is 10.2 Å². The van der Waals surface area contributed by atoms with Crippen LogP contribution >= 0.6 is 0 Å². The lowest BCUT2D eigenvalue weighted by Crippen LogP contribution is -2.36. The topological polar surface area (TPSA) is 75.7 Å². The van der Waals surface area contributed by atoms with Crippen molar-refractivity contribution in [1.29, 1.82) is 0 Å². The molecule has 0 aromatic heterocycles. The second-order valence-electron chi connectivity index (χ2n) is 6.93. The lowest BCUT2D eigenvalue weighted by Gasteiger charge is -2.14. The summed E-state index contributed by atoms with van der Waals surface area (Å²) in [6.07, 6.45) is 6.26. The Kier molecular flexibility index (Phi) is 6.27. The number of imide groups is 1. The molecule has 3 amide bonds. The largest absolute Gasteiger partial charge is 0.492 e. The summed E-state index contributed by atoms with van der Waals surface area (Å²) in [5, 5.41) is 2.77. The van der Waals surface area contributed by atoms with Crippen LogP contribution in [-0.2, 0) is 20.8 Å². The minimum Gasteiger partial charge on any atom is -0.492 e. The van der Waals surface area contributed by atoms with Crippen LogP contribution in [0.5, 0.6) is 5.75 Å². The fraction of sp³-hybridized carbons (Fsp3) is 0.476. The first-order valence-electron chi connectivity index (χ1n) is 9.58. The van der Waals surface area contributed by atoms with Crippen LogP contribution in [0.25, 0.3) is 0 Å². The quantitative estimate of drug-likeness (QED) is 0.432. The van der Waals surface area contributed by atoms with E-state index >= 15 is 0 Å². The third-order valence-electron chi connectivity index (χ3n) is 5.19. The number of rotatable bonds is 8. The predicted molar refractivity (Wildman–Crippen MR) is 101 cm³/mol. The summed E-state index contributed by atoms with van der Waals surface area (Å²) >= 11 is 0. The molecule has 27 heavy (non-hydrogen) atoms. The van der Waals surface area contributed by atoms with Crippen molar-refractivity contribution in [2.24, 2.45) is 11.8 Å². The maximum Gasteiger partial charge on any atom is 0.233 e. The molecule has 1 saturated heterocycles. The van der Waals surface area contributed by atoms with Gasteiger partial charge in [0, 0.05) is 13.0 Å². The molecule has 1 aliphatic heterocycles. The van der Waals surface area contributed by atoms with Gasteiger partial charge in [0.2, 0.25) is 17.7 Å². The summed E-state index contributed by atoms with van der Waals surface area (Å²) < 4.78 is 5.59. The van der Waals surface area contributed by atoms with Gasteiger partial charge in [0.25, 0.3) is 0 Å². The van der Waals surface area contributed by atoms with Crippen molar-refractivity contribution >= 4 is 17.7 Å². The number of nitrogens with zero attached hydrogens (tertiary/aromatic N) is 1. The number of allylic oxidation sites excluding steroid dienone is 2. The summed E-state index contributed by atoms with van der Waals surface area (Å²) in [6.45, 7) is 3.00. The molecule has 1 fully saturated rings. The van der Waals surface area contributed by atoms with Gasteiger partial charge in [-0.25, -0.2) is 0 Å². The first kappa shape index (κ1) is 19.1. The van der Waals surface area contributed by atoms with E-state index in [2.05, 4.69) is 12.2 Å². The van der Waals surface area contributed by atoms with Crippen LogP contribution in [0.2, 0.25) is 0 Å². The molecule has 144 valence electrons. The van der Waals surface area contributed by atoms with Gasteiger partial charge in [-0.3, -0.25) is 19.3 Å². The fourth-order valence-corrected chi connectivity index (χ4v) is 3.57. The Morgan fingerprint density at radius 2 is 1.74 bits per heavy atom. The van der Waals surface area contributed by atoms with E-state index in [1.807, 2.05) is 36.4 Å². The summed E-state index contributed by atoms with van der Waals surface area (Å²) in [7, 11) is 0. The lowest BCUT2D eigenvalue weighted by molar-refractivity contribution is -0.140. The standard InChI is InChI=1S/C21H26N2O4/c1-2-15-7-9-16(10-8-15)27-14-12-22-19(24)11-13-23-20(25)17-5-3-4-6-18(17)21(23)26/h3-4,7-10,17-18H,2,5-6,11-14H2,1H3,(H,22,24)/t17-,18+. The average molecular weight is 370 g/mol. The van der Waals surface area contributed by atoms with Crippen LogP contribution < -0.4 is 10.1 Å². The smallest absolute Gasteiger partial charge is 0.233 e. The van der Waals surface area contributed by atoms with E-state index in [1.54, 1.807) is 0 Å². The Bertz CT molecular complexity index is 700. The second-order valence-corrected chi connectivity index (χ2v) is 6.93. The molecular formula is C21H26N2O4. The molecule has 1 N–H and O–H groups in total. The molecule has 3 rings (SSSR count). The number of fused-ring (bicyclic) bond motifs is 1. The van der Waals surface area contributed by atoms with Crippen molar-refractivity contribution < 1.29 is 19.1 Å². The van der Waals surface area contributed by atoms with E-state index in [-0.39, 0.29) is 42.5 Å². The number of carbonyl (C=O) groups excluding carboxylic acids is 3. The van der Waals surface area contributed by atoms with Crippen molar-refractivity contribution in [3.05, 3.63) is 42.0 Å². The molecule has 1 aromatic carbocycles. The molecule has 6 nitrogen and oxygen atoms in total. The van der Waals surface area contributed by atoms with Crippen LogP contribution in [0.3, 0.4) is 0 Å². The number of ether oxygens (including phenoxy) is 1. The van der Waals surface area contributed by atoms with Crippen molar-refractivity contribution in [2.45, 2.75) is 32.6 Å². The Labute approximate surface area is 159 Å². The predicted octanol–water partition coefficient (Wildman–Crippen LogP) is 2.09. The number of hydrogen-bond donors (Lipinski definition) is 1. The molecule has 1 heterocycles. The van der Waals surface area contributed by atoms with Crippen molar-refractivity contribution in [3.63, 3.8) is 0 Å². The zero-order chi connectivity index (χ0) is 19.2. The van der Waals surface area contributed by atoms with Crippen molar-refractivity contribution in [3.8, 4) is 5.75 Å². The fourth-order valence-electron chi connectivity index (χ4n) is 3.57. The maximum absolute atomic E-state index is 12.3. The van der Waals surface area contributed by atoms with Gasteiger partial charge in [-0.1, -0.05) is 31.2 Å². The molecule has 2 aliphatic rings. The Morgan fingerprint density at radius 1 is 1.11 bits per heavy atom. The minimum atomic E-state index is -0.238. The van der Waals surface area contributed by atoms with E-state index in [4.69, 9.17) is 4.74 Å². The summed E-state index contributed by atoms with van der Waals surface area (Å²) in [5.41, 5.74) is 1.25. The van der Waals surface area contributed by atoms with Crippen LogP contribution in [-0.4, -0.2) is 42.3 Å². The highest BCUT2D eigenvalue weighted by Gasteiger charge is 2.46. The molecule has 1 aliphatic carbocycles. The molecule has 2 atom stereocenters. The highest BCUT2D eigenvalue weighted by atomic mass is 16.5. The molecule has 0 spiro atoms. The molecule has 0 radical (unpaired) electrons. The van der Waals surface area contributed by atoms with E-state index in [0.717, 1.165) is 12.2 Å². The van der Waals surface area contributed by atoms with Crippen LogP contribution in [0.15, 0.2) is 36.4 Å². The van der Waals surface area contributed by atoms with E-state index in [0.29, 0.717) is 26.0 Å². The van der Waals surface area contributed by atoms with E-state index < -0.39 is 0 Å². The number of hydrogen-bond acceptors (Lipinski definition) is 4. The van der Waals surface area contributed by atoms with E-state index in [1.165, 1.54) is 10.5 Å². The number of likely N-dealkylation sites (tertiary alicyclic amines) is 1. The summed E-state index contributed by atoms with van der Waals surface area (Å²) in [5.74, 6) is -0.169. The monoisotopic (exact) mass is 370 g/mol. The molecular weight excluding hydrogens is 344 g/mol. The van der Waals surface area contributed by atoms with Crippen LogP contribution in [0.1, 0.15) is 31.7 Å². The van der Waals surface area contributed by atoms with Gasteiger partial charge in [-0.05, 0) is 37.0 Å². The van der Waals surface area contributed by atoms with Gasteiger partial charge in [-0.2, -0.15) is 0 Å². The minimum absolute atomic E-state index is 0.121. The number of benzene rings is 1. The number of aryl methyl sites for hydroxylation is 1. The Morgan fingerprint density at radius 3 is 2.33 bits per heavy atom. The average Bonchev–Trinajstić information content (AvgIpc) is 2.94. The Hall–Kier alpha value is -2.63. The van der Waals surface area contributed by atoms with Gasteiger partial charge >= 0.3 is 0 Å². The highest BCUT2D eigenvalue weighted by molar-refractivity contribution is 6.05. The van der Waals surface area contributed by atoms with Gasteiger partial charge in [0.1, 0.15) is 12.4 Å². The lowest BCUT2D eigenvalue weighted by atomic mass is 9.85. The number of carbonyl (C=O) groups is 3. The molecule has 1 aromatic rings. The van der Waals surface area contributed by atoms with Gasteiger partial charge < -0.3 is 10.1 Å². The molecule has 0 saturated carbocycles. The SMILES string of the molecule is CCc1ccc(OCCNC(=O)CCN2C(=O)[C@H]3CC=CC[C@H]3C2=O)cc1. The molecule has 0 unspecified atom stereocenters. The molecule has 6 heteroatoms. The normalized spacial score (nSPS) is 21.3. The van der Waals surface area contributed by atoms with Gasteiger partial charge in [-0.15, -0.1) is 0 Å². The molecule has 0 bridgehead atoms. The van der Waals surface area contributed by atoms with E-state index in [9.17, 15) is 14.4 Å². The zero-order valence-corrected chi connectivity index (χ0v) is 15.6. The second kappa shape index (κ2) is 8.84. The zero-order valence-electron chi connectivity index (χ0n) is 15.6. The Balaban J connectivity index is 1.36. The van der Waals surface area contributed by atoms with Crippen molar-refractivity contribution in [2.75, 3.05) is 19.7 Å². The summed E-state index contributed by atoms with van der Waals surface area (Å²) in [4.78, 5) is 37.9. The van der Waals surface area contributed by atoms with Crippen LogP contribution in [0.4, 0.5) is 0 Å². The number of nitrogens with one attached hydrogen (secondary N) is 1. The third kappa shape index (κ3) is 4.56. The first-order valence-corrected chi connectivity index (χ1v) is 9.58. The summed E-state index contributed by atoms with van der Waals surface area (Å²) in [6, 6.07) is 7.87. The maximum atomic E-state index is 12.3. The first-order chi connectivity index (χ1) is 13.1. The third-order valence-corrected chi connectivity index (χ3v) is 5.19. The van der Waals surface area contributed by atoms with Crippen LogP contribution in [0, 0.1) is 11.8 Å².